The number of benzene rings is 2. The Labute approximate surface area is 155 Å². The number of hydrogen-bond acceptors (Lipinski definition) is 3. The first-order chi connectivity index (χ1) is 11.3. The van der Waals surface area contributed by atoms with Gasteiger partial charge in [0.2, 0.25) is 0 Å². The van der Waals surface area contributed by atoms with Gasteiger partial charge in [-0.1, -0.05) is 62.0 Å². The summed E-state index contributed by atoms with van der Waals surface area (Å²) < 4.78 is 0. The lowest BCUT2D eigenvalue weighted by Crippen LogP contribution is -2.27. The first-order valence-corrected chi connectivity index (χ1v) is 9.04. The first-order valence-electron chi connectivity index (χ1n) is 8.05. The fourth-order valence-electron chi connectivity index (χ4n) is 2.38. The highest BCUT2D eigenvalue weighted by atomic mass is 35.5. The van der Waals surface area contributed by atoms with E-state index in [-0.39, 0.29) is 17.6 Å². The van der Waals surface area contributed by atoms with Crippen molar-refractivity contribution in [1.82, 2.24) is 4.90 Å². The maximum absolute atomic E-state index is 12.8. The van der Waals surface area contributed by atoms with Crippen LogP contribution in [0.1, 0.15) is 13.8 Å². The molecule has 0 radical (unpaired) electrons. The zero-order chi connectivity index (χ0) is 16.5. The number of nitrogens with zero attached hydrogens (tertiary/aromatic N) is 2. The van der Waals surface area contributed by atoms with Crippen molar-refractivity contribution in [2.45, 2.75) is 13.8 Å². The van der Waals surface area contributed by atoms with Gasteiger partial charge in [-0.2, -0.15) is 0 Å². The Hall–Kier alpha value is -1.49. The first kappa shape index (κ1) is 20.6. The Morgan fingerprint density at radius 1 is 0.875 bits per heavy atom. The molecule has 5 heteroatoms. The molecule has 0 fully saturated rings. The smallest absolute Gasteiger partial charge is 0.290 e. The maximum Gasteiger partial charge on any atom is 0.290 e. The van der Waals surface area contributed by atoms with Gasteiger partial charge in [0.25, 0.3) is 5.24 Å². The second-order valence-corrected chi connectivity index (χ2v) is 6.19. The molecular formula is C19H25ClN2OS. The van der Waals surface area contributed by atoms with Crippen LogP contribution in [-0.4, -0.2) is 35.5 Å². The minimum Gasteiger partial charge on any atom is -0.303 e. The predicted molar refractivity (Wildman–Crippen MR) is 108 cm³/mol. The fraction of sp³-hybridized carbons (Fsp3) is 0.316. The second-order valence-electron chi connectivity index (χ2n) is 5.15. The van der Waals surface area contributed by atoms with E-state index in [0.717, 1.165) is 36.8 Å². The van der Waals surface area contributed by atoms with Crippen LogP contribution in [0.3, 0.4) is 0 Å². The number of amides is 1. The number of thioether (sulfide) groups is 1. The third-order valence-corrected chi connectivity index (χ3v) is 4.56. The summed E-state index contributed by atoms with van der Waals surface area (Å²) in [5, 5.41) is 0.0644. The fourth-order valence-corrected chi connectivity index (χ4v) is 3.24. The number of anilines is 2. The van der Waals surface area contributed by atoms with Crippen molar-refractivity contribution in [3.05, 3.63) is 60.7 Å². The lowest BCUT2D eigenvalue weighted by atomic mass is 10.2. The molecule has 0 N–H and O–H groups in total. The molecule has 2 rings (SSSR count). The molecule has 0 heterocycles. The van der Waals surface area contributed by atoms with Gasteiger partial charge in [-0.05, 0) is 37.4 Å². The van der Waals surface area contributed by atoms with Gasteiger partial charge in [0.15, 0.2) is 0 Å². The molecule has 1 amide bonds. The van der Waals surface area contributed by atoms with E-state index in [1.54, 1.807) is 4.90 Å². The van der Waals surface area contributed by atoms with E-state index in [2.05, 4.69) is 18.7 Å². The van der Waals surface area contributed by atoms with Crippen LogP contribution in [0.5, 0.6) is 0 Å². The molecule has 2 aromatic carbocycles. The Balaban J connectivity index is 0.00000288. The summed E-state index contributed by atoms with van der Waals surface area (Å²) in [5.74, 6) is 0.802. The van der Waals surface area contributed by atoms with Gasteiger partial charge in [0.05, 0.1) is 0 Å². The van der Waals surface area contributed by atoms with E-state index in [9.17, 15) is 4.79 Å². The predicted octanol–water partition coefficient (Wildman–Crippen LogP) is 5.44. The quantitative estimate of drug-likeness (QED) is 0.653. The summed E-state index contributed by atoms with van der Waals surface area (Å²) in [6.07, 6.45) is 0. The van der Waals surface area contributed by atoms with Crippen LogP contribution in [0.25, 0.3) is 0 Å². The molecule has 0 unspecified atom stereocenters. The van der Waals surface area contributed by atoms with Crippen LogP contribution in [0.2, 0.25) is 0 Å². The third-order valence-electron chi connectivity index (χ3n) is 3.74. The lowest BCUT2D eigenvalue weighted by molar-refractivity contribution is 0.266. The third kappa shape index (κ3) is 5.86. The molecule has 0 aliphatic heterocycles. The zero-order valence-electron chi connectivity index (χ0n) is 14.2. The number of carbonyl (C=O) groups is 1. The molecule has 3 nitrogen and oxygen atoms in total. The molecule has 2 aromatic rings. The van der Waals surface area contributed by atoms with Crippen molar-refractivity contribution in [3.8, 4) is 0 Å². The molecule has 0 aliphatic rings. The molecule has 0 spiro atoms. The van der Waals surface area contributed by atoms with Crippen molar-refractivity contribution < 1.29 is 4.79 Å². The van der Waals surface area contributed by atoms with Gasteiger partial charge in [-0.3, -0.25) is 9.69 Å². The highest BCUT2D eigenvalue weighted by Crippen LogP contribution is 2.28. The average Bonchev–Trinajstić information content (AvgIpc) is 2.61. The Morgan fingerprint density at radius 3 is 1.75 bits per heavy atom. The van der Waals surface area contributed by atoms with E-state index in [1.807, 2.05) is 60.7 Å². The van der Waals surface area contributed by atoms with Gasteiger partial charge in [0.1, 0.15) is 0 Å². The number of para-hydroxylation sites is 2. The summed E-state index contributed by atoms with van der Waals surface area (Å²) in [6, 6.07) is 19.6. The van der Waals surface area contributed by atoms with Crippen molar-refractivity contribution >= 4 is 40.8 Å². The highest BCUT2D eigenvalue weighted by molar-refractivity contribution is 8.13. The van der Waals surface area contributed by atoms with Crippen LogP contribution in [0, 0.1) is 0 Å². The second kappa shape index (κ2) is 11.1. The Kier molecular flexibility index (Phi) is 9.53. The van der Waals surface area contributed by atoms with E-state index in [4.69, 9.17) is 0 Å². The van der Waals surface area contributed by atoms with Crippen molar-refractivity contribution in [3.63, 3.8) is 0 Å². The van der Waals surface area contributed by atoms with E-state index in [0.29, 0.717) is 0 Å². The Bertz CT molecular complexity index is 551. The van der Waals surface area contributed by atoms with Gasteiger partial charge < -0.3 is 4.90 Å². The zero-order valence-corrected chi connectivity index (χ0v) is 15.9. The van der Waals surface area contributed by atoms with Crippen molar-refractivity contribution in [1.29, 1.82) is 0 Å². The molecular weight excluding hydrogens is 340 g/mol. The molecule has 0 atom stereocenters. The van der Waals surface area contributed by atoms with Crippen LogP contribution in [0.4, 0.5) is 16.2 Å². The minimum atomic E-state index is 0. The average molecular weight is 365 g/mol. The van der Waals surface area contributed by atoms with E-state index in [1.165, 1.54) is 11.8 Å². The molecule has 0 saturated heterocycles. The molecule has 0 bridgehead atoms. The molecule has 130 valence electrons. The largest absolute Gasteiger partial charge is 0.303 e. The summed E-state index contributed by atoms with van der Waals surface area (Å²) in [5.41, 5.74) is 1.80. The topological polar surface area (TPSA) is 23.6 Å². The standard InChI is InChI=1S/C19H24N2OS.ClH/c1-3-20(4-2)15-16-23-19(22)21(17-11-7-5-8-12-17)18-13-9-6-10-14-18;/h5-14H,3-4,15-16H2,1-2H3;1H. The molecule has 0 saturated carbocycles. The number of hydrogen-bond donors (Lipinski definition) is 0. The van der Waals surface area contributed by atoms with Crippen LogP contribution < -0.4 is 4.90 Å². The summed E-state index contributed by atoms with van der Waals surface area (Å²) >= 11 is 1.38. The van der Waals surface area contributed by atoms with Gasteiger partial charge >= 0.3 is 0 Å². The lowest BCUT2D eigenvalue weighted by Gasteiger charge is -2.23. The van der Waals surface area contributed by atoms with Gasteiger partial charge in [-0.25, -0.2) is 0 Å². The van der Waals surface area contributed by atoms with Crippen molar-refractivity contribution in [2.24, 2.45) is 0 Å². The molecule has 0 aliphatic carbocycles. The summed E-state index contributed by atoms with van der Waals surface area (Å²) in [6.45, 7) is 7.27. The SMILES string of the molecule is CCN(CC)CCSC(=O)N(c1ccccc1)c1ccccc1.Cl. The van der Waals surface area contributed by atoms with Crippen molar-refractivity contribution in [2.75, 3.05) is 30.3 Å². The van der Waals surface area contributed by atoms with Gasteiger partial charge in [-0.15, -0.1) is 12.4 Å². The molecule has 0 aromatic heterocycles. The van der Waals surface area contributed by atoms with Crippen LogP contribution in [-0.2, 0) is 0 Å². The summed E-state index contributed by atoms with van der Waals surface area (Å²) in [7, 11) is 0. The van der Waals surface area contributed by atoms with Gasteiger partial charge in [0, 0.05) is 23.7 Å². The van der Waals surface area contributed by atoms with Crippen LogP contribution in [0.15, 0.2) is 60.7 Å². The Morgan fingerprint density at radius 2 is 1.33 bits per heavy atom. The maximum atomic E-state index is 12.8. The highest BCUT2D eigenvalue weighted by Gasteiger charge is 2.18. The van der Waals surface area contributed by atoms with Crippen LogP contribution >= 0.6 is 24.2 Å². The number of rotatable bonds is 7. The van der Waals surface area contributed by atoms with E-state index < -0.39 is 0 Å². The normalized spacial score (nSPS) is 10.3. The summed E-state index contributed by atoms with van der Waals surface area (Å²) in [4.78, 5) is 16.9. The molecule has 24 heavy (non-hydrogen) atoms. The number of halogens is 1. The van der Waals surface area contributed by atoms with E-state index >= 15 is 0 Å². The number of carbonyl (C=O) groups excluding carboxylic acids is 1. The monoisotopic (exact) mass is 364 g/mol. The minimum absolute atomic E-state index is 0.